The smallest absolute Gasteiger partial charge is 0.167 e. The fourth-order valence-electron chi connectivity index (χ4n) is 3.51. The van der Waals surface area contributed by atoms with E-state index < -0.39 is 17.2 Å². The molecule has 4 aromatic rings. The van der Waals surface area contributed by atoms with Gasteiger partial charge >= 0.3 is 0 Å². The van der Waals surface area contributed by atoms with E-state index in [0.29, 0.717) is 24.3 Å². The molecule has 0 aliphatic heterocycles. The number of benzene rings is 2. The number of nitrogens with one attached hydrogen (secondary N) is 1. The van der Waals surface area contributed by atoms with Crippen LogP contribution in [0.3, 0.4) is 0 Å². The number of H-pyrrole nitrogens is 1. The van der Waals surface area contributed by atoms with Gasteiger partial charge in [-0.3, -0.25) is 0 Å². The number of imidazole rings is 1. The van der Waals surface area contributed by atoms with E-state index in [0.717, 1.165) is 15.9 Å². The Morgan fingerprint density at radius 3 is 2.77 bits per heavy atom. The predicted molar refractivity (Wildman–Crippen MR) is 115 cm³/mol. The molecule has 0 saturated carbocycles. The monoisotopic (exact) mass is 428 g/mol. The number of hydrogen-bond donors (Lipinski definition) is 3. The molecule has 2 aromatic heterocycles. The Morgan fingerprint density at radius 1 is 1.17 bits per heavy atom. The topological polar surface area (TPSA) is 89.9 Å². The molecule has 4 rings (SSSR count). The summed E-state index contributed by atoms with van der Waals surface area (Å²) in [6.45, 7) is 2.84. The molecule has 5 N–H and O–H groups in total. The van der Waals surface area contributed by atoms with Gasteiger partial charge < -0.3 is 21.2 Å². The van der Waals surface area contributed by atoms with Crippen molar-refractivity contribution < 1.29 is 13.5 Å². The standard InChI is InChI=1S/C22H22F2N4OS/c1-2-29-9-15-7-13(10-30-15)16-4-5-17(21(24)20(16)23)22(26,11-25)14-3-6-18-19(8-14)28-12-27-18/h3-8,10,12H,2,9,11,25-26H2,1H3,(H,27,28). The maximum Gasteiger partial charge on any atom is 0.167 e. The first kappa shape index (κ1) is 20.6. The first-order valence-corrected chi connectivity index (χ1v) is 10.4. The minimum absolute atomic E-state index is 0.00915. The number of halogens is 2. The summed E-state index contributed by atoms with van der Waals surface area (Å²) in [5.41, 5.74) is 14.0. The van der Waals surface area contributed by atoms with Crippen LogP contribution in [0.25, 0.3) is 22.2 Å². The molecule has 0 fully saturated rings. The van der Waals surface area contributed by atoms with E-state index in [9.17, 15) is 0 Å². The molecule has 0 aliphatic rings. The Hall–Kier alpha value is -2.65. The minimum atomic E-state index is -1.39. The molecule has 0 bridgehead atoms. The summed E-state index contributed by atoms with van der Waals surface area (Å²) < 4.78 is 35.7. The lowest BCUT2D eigenvalue weighted by molar-refractivity contribution is 0.136. The Bertz CT molecular complexity index is 1190. The van der Waals surface area contributed by atoms with Crippen molar-refractivity contribution in [2.75, 3.05) is 13.2 Å². The molecule has 156 valence electrons. The van der Waals surface area contributed by atoms with Crippen LogP contribution in [0.2, 0.25) is 0 Å². The van der Waals surface area contributed by atoms with Crippen LogP contribution in [-0.4, -0.2) is 23.1 Å². The highest BCUT2D eigenvalue weighted by atomic mass is 32.1. The third-order valence-corrected chi connectivity index (χ3v) is 6.14. The average molecular weight is 429 g/mol. The SMILES string of the molecule is CCOCc1cc(-c2ccc(C(N)(CN)c3ccc4nc[nH]c4c3)c(F)c2F)cs1. The second-order valence-corrected chi connectivity index (χ2v) is 8.03. The van der Waals surface area contributed by atoms with Crippen LogP contribution in [0.4, 0.5) is 8.78 Å². The average Bonchev–Trinajstić information content (AvgIpc) is 3.42. The second-order valence-electron chi connectivity index (χ2n) is 7.04. The van der Waals surface area contributed by atoms with Gasteiger partial charge in [-0.05, 0) is 41.6 Å². The summed E-state index contributed by atoms with van der Waals surface area (Å²) in [5, 5.41) is 1.79. The lowest BCUT2D eigenvalue weighted by Crippen LogP contribution is -2.46. The molecule has 5 nitrogen and oxygen atoms in total. The van der Waals surface area contributed by atoms with Gasteiger partial charge in [-0.1, -0.05) is 18.2 Å². The van der Waals surface area contributed by atoms with E-state index in [2.05, 4.69) is 9.97 Å². The second kappa shape index (κ2) is 8.23. The molecular formula is C22H22F2N4OS. The highest BCUT2D eigenvalue weighted by Gasteiger charge is 2.33. The van der Waals surface area contributed by atoms with Crippen molar-refractivity contribution in [2.24, 2.45) is 11.5 Å². The predicted octanol–water partition coefficient (Wildman–Crippen LogP) is 4.27. The van der Waals surface area contributed by atoms with Gasteiger partial charge in [-0.25, -0.2) is 13.8 Å². The van der Waals surface area contributed by atoms with Gasteiger partial charge in [0.25, 0.3) is 0 Å². The number of nitrogens with two attached hydrogens (primary N) is 2. The van der Waals surface area contributed by atoms with Crippen molar-refractivity contribution in [3.05, 3.63) is 75.7 Å². The van der Waals surface area contributed by atoms with E-state index in [1.165, 1.54) is 17.4 Å². The summed E-state index contributed by atoms with van der Waals surface area (Å²) in [6, 6.07) is 10.1. The summed E-state index contributed by atoms with van der Waals surface area (Å²) in [5.74, 6) is -1.94. The number of fused-ring (bicyclic) bond motifs is 1. The van der Waals surface area contributed by atoms with Crippen LogP contribution >= 0.6 is 11.3 Å². The Labute approximate surface area is 176 Å². The summed E-state index contributed by atoms with van der Waals surface area (Å²) in [6.07, 6.45) is 1.56. The number of rotatable bonds is 7. The first-order valence-electron chi connectivity index (χ1n) is 9.54. The highest BCUT2D eigenvalue weighted by Crippen LogP contribution is 2.35. The van der Waals surface area contributed by atoms with Crippen LogP contribution in [-0.2, 0) is 16.9 Å². The summed E-state index contributed by atoms with van der Waals surface area (Å²) in [4.78, 5) is 8.11. The van der Waals surface area contributed by atoms with Gasteiger partial charge in [0, 0.05) is 29.2 Å². The Kier molecular flexibility index (Phi) is 5.66. The fourth-order valence-corrected chi connectivity index (χ4v) is 4.33. The normalized spacial score (nSPS) is 13.6. The van der Waals surface area contributed by atoms with Crippen molar-refractivity contribution in [1.82, 2.24) is 9.97 Å². The van der Waals surface area contributed by atoms with Crippen LogP contribution in [0, 0.1) is 11.6 Å². The van der Waals surface area contributed by atoms with E-state index in [1.807, 2.05) is 13.0 Å². The van der Waals surface area contributed by atoms with Gasteiger partial charge in [-0.15, -0.1) is 11.3 Å². The Morgan fingerprint density at radius 2 is 2.00 bits per heavy atom. The van der Waals surface area contributed by atoms with E-state index >= 15 is 8.78 Å². The largest absolute Gasteiger partial charge is 0.376 e. The molecule has 1 unspecified atom stereocenters. The molecular weight excluding hydrogens is 406 g/mol. The van der Waals surface area contributed by atoms with E-state index in [1.54, 1.807) is 36.0 Å². The number of aromatic amines is 1. The molecule has 0 saturated heterocycles. The molecule has 2 heterocycles. The quantitative estimate of drug-likeness (QED) is 0.410. The van der Waals surface area contributed by atoms with Gasteiger partial charge in [0.2, 0.25) is 0 Å². The molecule has 0 aliphatic carbocycles. The minimum Gasteiger partial charge on any atom is -0.376 e. The lowest BCUT2D eigenvalue weighted by Gasteiger charge is -2.30. The van der Waals surface area contributed by atoms with Crippen molar-refractivity contribution in [1.29, 1.82) is 0 Å². The van der Waals surface area contributed by atoms with Gasteiger partial charge in [0.05, 0.1) is 29.5 Å². The van der Waals surface area contributed by atoms with Gasteiger partial charge in [-0.2, -0.15) is 0 Å². The fraction of sp³-hybridized carbons (Fsp3) is 0.227. The number of ether oxygens (including phenoxy) is 1. The zero-order valence-electron chi connectivity index (χ0n) is 16.4. The maximum atomic E-state index is 15.2. The maximum absolute atomic E-state index is 15.2. The zero-order valence-corrected chi connectivity index (χ0v) is 17.2. The van der Waals surface area contributed by atoms with Crippen LogP contribution in [0.5, 0.6) is 0 Å². The van der Waals surface area contributed by atoms with E-state index in [-0.39, 0.29) is 17.7 Å². The van der Waals surface area contributed by atoms with Gasteiger partial charge in [0.1, 0.15) is 0 Å². The zero-order chi connectivity index (χ0) is 21.3. The van der Waals surface area contributed by atoms with Crippen molar-refractivity contribution in [2.45, 2.75) is 19.1 Å². The number of hydrogen-bond acceptors (Lipinski definition) is 5. The number of nitrogens with zero attached hydrogens (tertiary/aromatic N) is 1. The molecule has 8 heteroatoms. The first-order chi connectivity index (χ1) is 14.5. The lowest BCUT2D eigenvalue weighted by atomic mass is 9.82. The Balaban J connectivity index is 1.75. The van der Waals surface area contributed by atoms with Gasteiger partial charge in [0.15, 0.2) is 11.6 Å². The third kappa shape index (κ3) is 3.52. The summed E-state index contributed by atoms with van der Waals surface area (Å²) >= 11 is 1.44. The van der Waals surface area contributed by atoms with Crippen LogP contribution in [0.1, 0.15) is 22.9 Å². The number of aromatic nitrogens is 2. The molecule has 1 atom stereocenters. The van der Waals surface area contributed by atoms with Crippen molar-refractivity contribution >= 4 is 22.4 Å². The van der Waals surface area contributed by atoms with E-state index in [4.69, 9.17) is 16.2 Å². The van der Waals surface area contributed by atoms with Crippen LogP contribution < -0.4 is 11.5 Å². The third-order valence-electron chi connectivity index (χ3n) is 5.23. The van der Waals surface area contributed by atoms with Crippen molar-refractivity contribution in [3.63, 3.8) is 0 Å². The molecule has 30 heavy (non-hydrogen) atoms. The summed E-state index contributed by atoms with van der Waals surface area (Å²) in [7, 11) is 0. The molecule has 0 spiro atoms. The van der Waals surface area contributed by atoms with Crippen LogP contribution in [0.15, 0.2) is 48.1 Å². The number of thiophene rings is 1. The molecule has 0 amide bonds. The highest BCUT2D eigenvalue weighted by molar-refractivity contribution is 7.10. The molecule has 0 radical (unpaired) electrons. The van der Waals surface area contributed by atoms with Crippen molar-refractivity contribution in [3.8, 4) is 11.1 Å². The molecule has 2 aromatic carbocycles.